The molecule has 0 aromatic carbocycles. The van der Waals surface area contributed by atoms with Gasteiger partial charge in [-0.25, -0.2) is 0 Å². The monoisotopic (exact) mass is 228 g/mol. The van der Waals surface area contributed by atoms with Crippen LogP contribution < -0.4 is 10.6 Å². The summed E-state index contributed by atoms with van der Waals surface area (Å²) < 4.78 is 5.41. The van der Waals surface area contributed by atoms with Gasteiger partial charge in [-0.05, 0) is 26.8 Å². The summed E-state index contributed by atoms with van der Waals surface area (Å²) in [5, 5.41) is 6.05. The summed E-state index contributed by atoms with van der Waals surface area (Å²) in [4.78, 5) is 11.7. The van der Waals surface area contributed by atoms with Crippen molar-refractivity contribution in [2.45, 2.75) is 51.2 Å². The molecule has 1 aliphatic carbocycles. The molecule has 1 amide bonds. The maximum Gasteiger partial charge on any atom is 0.249 e. The van der Waals surface area contributed by atoms with Gasteiger partial charge < -0.3 is 15.4 Å². The number of hydrogen-bond acceptors (Lipinski definition) is 3. The van der Waals surface area contributed by atoms with Crippen LogP contribution in [0, 0.1) is 0 Å². The first-order valence-electron chi connectivity index (χ1n) is 6.30. The molecule has 0 aromatic rings. The largest absolute Gasteiger partial charge is 0.367 e. The van der Waals surface area contributed by atoms with Crippen LogP contribution in [0.4, 0.5) is 0 Å². The average molecular weight is 228 g/mol. The SMILES string of the molecule is CNCCOC(C)C(=O)NC1CCCCC1. The molecule has 1 rings (SSSR count). The van der Waals surface area contributed by atoms with Gasteiger partial charge in [-0.3, -0.25) is 4.79 Å². The van der Waals surface area contributed by atoms with E-state index < -0.39 is 0 Å². The first kappa shape index (κ1) is 13.5. The van der Waals surface area contributed by atoms with E-state index in [0.29, 0.717) is 12.6 Å². The molecule has 1 fully saturated rings. The zero-order valence-corrected chi connectivity index (χ0v) is 10.4. The highest BCUT2D eigenvalue weighted by atomic mass is 16.5. The van der Waals surface area contributed by atoms with Crippen molar-refractivity contribution >= 4 is 5.91 Å². The Hall–Kier alpha value is -0.610. The van der Waals surface area contributed by atoms with Crippen molar-refractivity contribution in [2.75, 3.05) is 20.2 Å². The lowest BCUT2D eigenvalue weighted by atomic mass is 9.95. The lowest BCUT2D eigenvalue weighted by molar-refractivity contribution is -0.132. The number of likely N-dealkylation sites (N-methyl/N-ethyl adjacent to an activating group) is 1. The minimum absolute atomic E-state index is 0.0306. The third-order valence-electron chi connectivity index (χ3n) is 3.04. The van der Waals surface area contributed by atoms with Crippen molar-refractivity contribution in [3.05, 3.63) is 0 Å². The van der Waals surface area contributed by atoms with Crippen molar-refractivity contribution in [3.8, 4) is 0 Å². The Balaban J connectivity index is 2.16. The molecule has 1 saturated carbocycles. The first-order valence-corrected chi connectivity index (χ1v) is 6.30. The third-order valence-corrected chi connectivity index (χ3v) is 3.04. The summed E-state index contributed by atoms with van der Waals surface area (Å²) in [5.74, 6) is 0.0306. The van der Waals surface area contributed by atoms with Crippen LogP contribution in [0.5, 0.6) is 0 Å². The molecule has 1 aliphatic rings. The van der Waals surface area contributed by atoms with Crippen LogP contribution in [0.2, 0.25) is 0 Å². The molecule has 2 N–H and O–H groups in total. The molecule has 0 aromatic heterocycles. The second-order valence-electron chi connectivity index (χ2n) is 4.46. The Kier molecular flexibility index (Phi) is 6.42. The van der Waals surface area contributed by atoms with Gasteiger partial charge in [0.2, 0.25) is 5.91 Å². The van der Waals surface area contributed by atoms with Crippen LogP contribution in [0.3, 0.4) is 0 Å². The zero-order valence-electron chi connectivity index (χ0n) is 10.4. The fourth-order valence-electron chi connectivity index (χ4n) is 1.98. The van der Waals surface area contributed by atoms with Crippen molar-refractivity contribution in [1.29, 1.82) is 0 Å². The minimum Gasteiger partial charge on any atom is -0.367 e. The molecule has 94 valence electrons. The van der Waals surface area contributed by atoms with Gasteiger partial charge in [0.15, 0.2) is 0 Å². The van der Waals surface area contributed by atoms with Crippen molar-refractivity contribution < 1.29 is 9.53 Å². The normalized spacial score (nSPS) is 19.4. The lowest BCUT2D eigenvalue weighted by Gasteiger charge is -2.24. The Morgan fingerprint density at radius 2 is 2.06 bits per heavy atom. The molecular formula is C12H24N2O2. The fraction of sp³-hybridized carbons (Fsp3) is 0.917. The van der Waals surface area contributed by atoms with E-state index >= 15 is 0 Å². The van der Waals surface area contributed by atoms with E-state index in [1.165, 1.54) is 19.3 Å². The number of hydrogen-bond donors (Lipinski definition) is 2. The van der Waals surface area contributed by atoms with E-state index in [9.17, 15) is 4.79 Å². The topological polar surface area (TPSA) is 50.4 Å². The van der Waals surface area contributed by atoms with Gasteiger partial charge in [-0.2, -0.15) is 0 Å². The predicted octanol–water partition coefficient (Wildman–Crippen LogP) is 1.06. The molecular weight excluding hydrogens is 204 g/mol. The summed E-state index contributed by atoms with van der Waals surface area (Å²) in [6, 6.07) is 0.372. The minimum atomic E-state index is -0.338. The second-order valence-corrected chi connectivity index (χ2v) is 4.46. The number of nitrogens with one attached hydrogen (secondary N) is 2. The Bertz CT molecular complexity index is 203. The smallest absolute Gasteiger partial charge is 0.249 e. The number of carbonyl (C=O) groups excluding carboxylic acids is 1. The maximum atomic E-state index is 11.7. The van der Waals surface area contributed by atoms with Gasteiger partial charge >= 0.3 is 0 Å². The van der Waals surface area contributed by atoms with E-state index in [4.69, 9.17) is 4.74 Å². The van der Waals surface area contributed by atoms with Crippen molar-refractivity contribution in [2.24, 2.45) is 0 Å². The second kappa shape index (κ2) is 7.63. The highest BCUT2D eigenvalue weighted by Gasteiger charge is 2.19. The van der Waals surface area contributed by atoms with E-state index in [2.05, 4.69) is 10.6 Å². The average Bonchev–Trinajstić information content (AvgIpc) is 2.30. The van der Waals surface area contributed by atoms with Gasteiger partial charge in [0, 0.05) is 12.6 Å². The van der Waals surface area contributed by atoms with Gasteiger partial charge in [0.25, 0.3) is 0 Å². The summed E-state index contributed by atoms with van der Waals surface area (Å²) in [7, 11) is 1.87. The standard InChI is InChI=1S/C12H24N2O2/c1-10(16-9-8-13-2)12(15)14-11-6-4-3-5-7-11/h10-11,13H,3-9H2,1-2H3,(H,14,15). The van der Waals surface area contributed by atoms with Crippen LogP contribution in [0.15, 0.2) is 0 Å². The Labute approximate surface area is 98.1 Å². The van der Waals surface area contributed by atoms with E-state index in [1.807, 2.05) is 14.0 Å². The molecule has 1 unspecified atom stereocenters. The van der Waals surface area contributed by atoms with Crippen LogP contribution in [0.1, 0.15) is 39.0 Å². The van der Waals surface area contributed by atoms with Gasteiger partial charge in [-0.15, -0.1) is 0 Å². The van der Waals surface area contributed by atoms with Gasteiger partial charge in [0.1, 0.15) is 6.10 Å². The van der Waals surface area contributed by atoms with E-state index in [0.717, 1.165) is 19.4 Å². The number of rotatable bonds is 6. The summed E-state index contributed by atoms with van der Waals surface area (Å²) >= 11 is 0. The number of amides is 1. The Morgan fingerprint density at radius 1 is 1.38 bits per heavy atom. The number of ether oxygens (including phenoxy) is 1. The molecule has 0 aliphatic heterocycles. The maximum absolute atomic E-state index is 11.7. The molecule has 0 spiro atoms. The first-order chi connectivity index (χ1) is 7.74. The van der Waals surface area contributed by atoms with Crippen LogP contribution >= 0.6 is 0 Å². The fourth-order valence-corrected chi connectivity index (χ4v) is 1.98. The molecule has 4 nitrogen and oxygen atoms in total. The van der Waals surface area contributed by atoms with Crippen molar-refractivity contribution in [3.63, 3.8) is 0 Å². The molecule has 0 saturated heterocycles. The molecule has 1 atom stereocenters. The van der Waals surface area contributed by atoms with E-state index in [-0.39, 0.29) is 12.0 Å². The van der Waals surface area contributed by atoms with Crippen LogP contribution in [-0.2, 0) is 9.53 Å². The summed E-state index contributed by atoms with van der Waals surface area (Å²) in [6.45, 7) is 3.17. The Morgan fingerprint density at radius 3 is 2.69 bits per heavy atom. The molecule has 0 bridgehead atoms. The lowest BCUT2D eigenvalue weighted by Crippen LogP contribution is -2.42. The molecule has 4 heteroatoms. The van der Waals surface area contributed by atoms with E-state index in [1.54, 1.807) is 0 Å². The highest BCUT2D eigenvalue weighted by Crippen LogP contribution is 2.17. The van der Waals surface area contributed by atoms with Gasteiger partial charge in [0.05, 0.1) is 6.61 Å². The summed E-state index contributed by atoms with van der Waals surface area (Å²) in [6.07, 6.45) is 5.68. The number of carbonyl (C=O) groups is 1. The highest BCUT2D eigenvalue weighted by molar-refractivity contribution is 5.80. The molecule has 0 heterocycles. The molecule has 16 heavy (non-hydrogen) atoms. The van der Waals surface area contributed by atoms with Gasteiger partial charge in [-0.1, -0.05) is 19.3 Å². The van der Waals surface area contributed by atoms with Crippen molar-refractivity contribution in [1.82, 2.24) is 10.6 Å². The third kappa shape index (κ3) is 4.94. The quantitative estimate of drug-likeness (QED) is 0.668. The zero-order chi connectivity index (χ0) is 11.8. The summed E-state index contributed by atoms with van der Waals surface area (Å²) in [5.41, 5.74) is 0. The predicted molar refractivity (Wildman–Crippen MR) is 64.4 cm³/mol. The molecule has 0 radical (unpaired) electrons. The van der Waals surface area contributed by atoms with Crippen LogP contribution in [-0.4, -0.2) is 38.3 Å². The van der Waals surface area contributed by atoms with Crippen LogP contribution in [0.25, 0.3) is 0 Å².